The lowest BCUT2D eigenvalue weighted by Gasteiger charge is -2.19. The first-order valence-electron chi connectivity index (χ1n) is 4.48. The number of carboxylic acid groups (broad SMARTS) is 1. The molecule has 0 saturated heterocycles. The van der Waals surface area contributed by atoms with Crippen LogP contribution in [-0.4, -0.2) is 22.7 Å². The largest absolute Gasteiger partial charge is 0.478 e. The highest BCUT2D eigenvalue weighted by atomic mass is 16.5. The van der Waals surface area contributed by atoms with E-state index in [4.69, 9.17) is 9.84 Å². The Morgan fingerprint density at radius 1 is 1.57 bits per heavy atom. The molecule has 0 fully saturated rings. The van der Waals surface area contributed by atoms with Crippen LogP contribution in [0.1, 0.15) is 27.2 Å². The van der Waals surface area contributed by atoms with Crippen LogP contribution in [0, 0.1) is 6.92 Å². The molecular weight excluding hydrogens is 182 g/mol. The van der Waals surface area contributed by atoms with Gasteiger partial charge in [0, 0.05) is 17.5 Å². The number of aryl methyl sites for hydroxylation is 1. The van der Waals surface area contributed by atoms with E-state index < -0.39 is 5.97 Å². The molecule has 2 heterocycles. The van der Waals surface area contributed by atoms with Gasteiger partial charge in [-0.2, -0.15) is 0 Å². The quantitative estimate of drug-likeness (QED) is 0.727. The summed E-state index contributed by atoms with van der Waals surface area (Å²) in [6.45, 7) is 2.95. The second kappa shape index (κ2) is 3.38. The lowest BCUT2D eigenvalue weighted by molar-refractivity contribution is 0.0689. The maximum Gasteiger partial charge on any atom is 0.337 e. The number of ether oxygens (including phenoxy) is 1. The number of pyridine rings is 1. The van der Waals surface area contributed by atoms with Gasteiger partial charge < -0.3 is 9.84 Å². The monoisotopic (exact) mass is 193 g/mol. The summed E-state index contributed by atoms with van der Waals surface area (Å²) in [6.07, 6.45) is 2.10. The molecule has 1 aromatic heterocycles. The van der Waals surface area contributed by atoms with E-state index in [2.05, 4.69) is 4.98 Å². The fraction of sp³-hybridized carbons (Fsp3) is 0.400. The molecule has 1 aromatic rings. The van der Waals surface area contributed by atoms with Gasteiger partial charge >= 0.3 is 5.97 Å². The lowest BCUT2D eigenvalue weighted by Crippen LogP contribution is -2.17. The molecule has 0 unspecified atom stereocenters. The third-order valence-electron chi connectivity index (χ3n) is 2.49. The topological polar surface area (TPSA) is 59.4 Å². The molecule has 0 spiro atoms. The highest BCUT2D eigenvalue weighted by molar-refractivity contribution is 5.89. The number of carbonyl (C=O) groups is 1. The molecule has 0 aromatic carbocycles. The Bertz CT molecular complexity index is 387. The van der Waals surface area contributed by atoms with Crippen LogP contribution in [-0.2, 0) is 17.8 Å². The van der Waals surface area contributed by atoms with Crippen LogP contribution in [0.4, 0.5) is 0 Å². The smallest absolute Gasteiger partial charge is 0.337 e. The minimum absolute atomic E-state index is 0.314. The number of fused-ring (bicyclic) bond motifs is 1. The SMILES string of the molecule is Cc1ncc(C(=O)O)c2c1COCC2. The summed E-state index contributed by atoms with van der Waals surface area (Å²) in [4.78, 5) is 15.0. The zero-order valence-corrected chi connectivity index (χ0v) is 7.91. The molecule has 14 heavy (non-hydrogen) atoms. The summed E-state index contributed by atoms with van der Waals surface area (Å²) < 4.78 is 5.28. The minimum Gasteiger partial charge on any atom is -0.478 e. The van der Waals surface area contributed by atoms with Gasteiger partial charge in [0.25, 0.3) is 0 Å². The molecule has 0 saturated carbocycles. The molecule has 1 aliphatic rings. The van der Waals surface area contributed by atoms with Crippen LogP contribution in [0.15, 0.2) is 6.20 Å². The van der Waals surface area contributed by atoms with Crippen LogP contribution in [0.3, 0.4) is 0 Å². The predicted octanol–water partition coefficient (Wildman–Crippen LogP) is 1.16. The summed E-state index contributed by atoms with van der Waals surface area (Å²) >= 11 is 0. The molecule has 0 amide bonds. The maximum absolute atomic E-state index is 10.9. The van der Waals surface area contributed by atoms with Crippen molar-refractivity contribution in [2.24, 2.45) is 0 Å². The van der Waals surface area contributed by atoms with Crippen LogP contribution >= 0.6 is 0 Å². The molecule has 0 aliphatic carbocycles. The zero-order valence-electron chi connectivity index (χ0n) is 7.91. The Labute approximate surface area is 81.5 Å². The van der Waals surface area contributed by atoms with Crippen LogP contribution in [0.2, 0.25) is 0 Å². The van der Waals surface area contributed by atoms with Gasteiger partial charge in [-0.3, -0.25) is 4.98 Å². The van der Waals surface area contributed by atoms with Gasteiger partial charge in [0.2, 0.25) is 0 Å². The summed E-state index contributed by atoms with van der Waals surface area (Å²) in [5.41, 5.74) is 3.01. The van der Waals surface area contributed by atoms with E-state index in [9.17, 15) is 4.79 Å². The van der Waals surface area contributed by atoms with Gasteiger partial charge in [0.1, 0.15) is 0 Å². The van der Waals surface area contributed by atoms with Crippen molar-refractivity contribution in [1.82, 2.24) is 4.98 Å². The Morgan fingerprint density at radius 2 is 2.36 bits per heavy atom. The van der Waals surface area contributed by atoms with E-state index in [1.54, 1.807) is 0 Å². The molecule has 2 rings (SSSR count). The first kappa shape index (κ1) is 9.15. The van der Waals surface area contributed by atoms with Gasteiger partial charge in [-0.25, -0.2) is 4.79 Å². The second-order valence-corrected chi connectivity index (χ2v) is 3.32. The molecule has 0 bridgehead atoms. The highest BCUT2D eigenvalue weighted by Gasteiger charge is 2.19. The predicted molar refractivity (Wildman–Crippen MR) is 49.3 cm³/mol. The second-order valence-electron chi connectivity index (χ2n) is 3.32. The van der Waals surface area contributed by atoms with Crippen LogP contribution < -0.4 is 0 Å². The maximum atomic E-state index is 10.9. The molecule has 1 aliphatic heterocycles. The Hall–Kier alpha value is -1.42. The standard InChI is InChI=1S/C10H11NO3/c1-6-9-5-14-3-2-7(9)8(4-11-6)10(12)13/h4H,2-3,5H2,1H3,(H,12,13). The van der Waals surface area contributed by atoms with Gasteiger partial charge in [-0.1, -0.05) is 0 Å². The molecular formula is C10H11NO3. The van der Waals surface area contributed by atoms with E-state index in [0.29, 0.717) is 25.2 Å². The average molecular weight is 193 g/mol. The fourth-order valence-electron chi connectivity index (χ4n) is 1.71. The number of carboxylic acids is 1. The number of aromatic nitrogens is 1. The minimum atomic E-state index is -0.907. The number of hydrogen-bond acceptors (Lipinski definition) is 3. The molecule has 0 atom stereocenters. The van der Waals surface area contributed by atoms with E-state index in [0.717, 1.165) is 16.8 Å². The summed E-state index contributed by atoms with van der Waals surface area (Å²) in [5.74, 6) is -0.907. The van der Waals surface area contributed by atoms with Crippen molar-refractivity contribution in [2.75, 3.05) is 6.61 Å². The summed E-state index contributed by atoms with van der Waals surface area (Å²) in [5, 5.41) is 8.95. The highest BCUT2D eigenvalue weighted by Crippen LogP contribution is 2.22. The molecule has 4 heteroatoms. The molecule has 4 nitrogen and oxygen atoms in total. The zero-order chi connectivity index (χ0) is 10.1. The Morgan fingerprint density at radius 3 is 3.07 bits per heavy atom. The fourth-order valence-corrected chi connectivity index (χ4v) is 1.71. The third-order valence-corrected chi connectivity index (χ3v) is 2.49. The Kier molecular flexibility index (Phi) is 2.21. The van der Waals surface area contributed by atoms with E-state index in [1.165, 1.54) is 6.20 Å². The lowest BCUT2D eigenvalue weighted by atomic mass is 9.98. The van der Waals surface area contributed by atoms with Crippen molar-refractivity contribution in [3.05, 3.63) is 28.6 Å². The number of aromatic carboxylic acids is 1. The van der Waals surface area contributed by atoms with E-state index in [-0.39, 0.29) is 0 Å². The summed E-state index contributed by atoms with van der Waals surface area (Å²) in [7, 11) is 0. The number of hydrogen-bond donors (Lipinski definition) is 1. The Balaban J connectivity index is 2.59. The van der Waals surface area contributed by atoms with Gasteiger partial charge in [-0.15, -0.1) is 0 Å². The van der Waals surface area contributed by atoms with Crippen LogP contribution in [0.25, 0.3) is 0 Å². The normalized spacial score (nSPS) is 14.9. The van der Waals surface area contributed by atoms with E-state index >= 15 is 0 Å². The van der Waals surface area contributed by atoms with Crippen molar-refractivity contribution in [2.45, 2.75) is 20.0 Å². The third kappa shape index (κ3) is 1.37. The van der Waals surface area contributed by atoms with Crippen molar-refractivity contribution in [1.29, 1.82) is 0 Å². The average Bonchev–Trinajstić information content (AvgIpc) is 2.18. The first-order chi connectivity index (χ1) is 6.70. The van der Waals surface area contributed by atoms with Gasteiger partial charge in [0.05, 0.1) is 18.8 Å². The van der Waals surface area contributed by atoms with Crippen molar-refractivity contribution in [3.8, 4) is 0 Å². The van der Waals surface area contributed by atoms with Crippen molar-refractivity contribution in [3.63, 3.8) is 0 Å². The van der Waals surface area contributed by atoms with Crippen molar-refractivity contribution >= 4 is 5.97 Å². The van der Waals surface area contributed by atoms with E-state index in [1.807, 2.05) is 6.92 Å². The van der Waals surface area contributed by atoms with Gasteiger partial charge in [-0.05, 0) is 18.9 Å². The van der Waals surface area contributed by atoms with Crippen molar-refractivity contribution < 1.29 is 14.6 Å². The van der Waals surface area contributed by atoms with Crippen LogP contribution in [0.5, 0.6) is 0 Å². The summed E-state index contributed by atoms with van der Waals surface area (Å²) in [6, 6.07) is 0. The first-order valence-corrected chi connectivity index (χ1v) is 4.48. The van der Waals surface area contributed by atoms with Gasteiger partial charge in [0.15, 0.2) is 0 Å². The molecule has 74 valence electrons. The molecule has 0 radical (unpaired) electrons. The number of nitrogens with zero attached hydrogens (tertiary/aromatic N) is 1. The molecule has 1 N–H and O–H groups in total. The number of rotatable bonds is 1.